The fraction of sp³-hybridized carbons (Fsp3) is 0.500. The molecule has 1 aromatic rings. The zero-order chi connectivity index (χ0) is 11.7. The van der Waals surface area contributed by atoms with Crippen molar-refractivity contribution in [3.05, 3.63) is 28.0 Å². The molecule has 0 bridgehead atoms. The summed E-state index contributed by atoms with van der Waals surface area (Å²) in [5, 5.41) is 9.86. The fourth-order valence-electron chi connectivity index (χ4n) is 2.41. The number of aromatic hydroxyl groups is 1. The molecule has 1 aliphatic carbocycles. The molecule has 1 saturated carbocycles. The van der Waals surface area contributed by atoms with Crippen LogP contribution in [0.3, 0.4) is 0 Å². The van der Waals surface area contributed by atoms with Gasteiger partial charge in [-0.15, -0.1) is 12.4 Å². The summed E-state index contributed by atoms with van der Waals surface area (Å²) in [5.74, 6) is 0.0634. The number of phenols is 1. The van der Waals surface area contributed by atoms with Crippen LogP contribution in [0, 0.1) is 11.7 Å². The highest BCUT2D eigenvalue weighted by atomic mass is 79.9. The molecule has 1 fully saturated rings. The smallest absolute Gasteiger partial charge is 0.134 e. The molecule has 1 atom stereocenters. The van der Waals surface area contributed by atoms with Crippen LogP contribution in [-0.2, 0) is 0 Å². The molecular formula is C12H16BrClFNO. The van der Waals surface area contributed by atoms with Gasteiger partial charge in [0.15, 0.2) is 0 Å². The van der Waals surface area contributed by atoms with Crippen molar-refractivity contribution in [3.63, 3.8) is 0 Å². The number of halogens is 3. The van der Waals surface area contributed by atoms with Gasteiger partial charge in [0, 0.05) is 11.6 Å². The molecule has 0 heterocycles. The first kappa shape index (κ1) is 14.7. The molecule has 0 aliphatic heterocycles. The van der Waals surface area contributed by atoms with Crippen LogP contribution in [0.4, 0.5) is 4.39 Å². The predicted octanol–water partition coefficient (Wildman–Crippen LogP) is 3.91. The van der Waals surface area contributed by atoms with E-state index in [0.717, 1.165) is 12.8 Å². The summed E-state index contributed by atoms with van der Waals surface area (Å²) in [6.07, 6.45) is 4.48. The lowest BCUT2D eigenvalue weighted by Crippen LogP contribution is -2.19. The molecule has 2 rings (SSSR count). The van der Waals surface area contributed by atoms with Crippen LogP contribution >= 0.6 is 28.3 Å². The molecule has 0 spiro atoms. The van der Waals surface area contributed by atoms with Gasteiger partial charge in [0.2, 0.25) is 0 Å². The number of nitrogens with two attached hydrogens (primary N) is 1. The Hall–Kier alpha value is -0.320. The SMILES string of the molecule is Cl.N[C@@H](c1cc(F)cc(Br)c1O)C1CCCC1. The summed E-state index contributed by atoms with van der Waals surface area (Å²) in [5.41, 5.74) is 6.60. The fourth-order valence-corrected chi connectivity index (χ4v) is 2.86. The summed E-state index contributed by atoms with van der Waals surface area (Å²) >= 11 is 3.13. The summed E-state index contributed by atoms with van der Waals surface area (Å²) in [7, 11) is 0. The van der Waals surface area contributed by atoms with Crippen LogP contribution in [-0.4, -0.2) is 5.11 Å². The van der Waals surface area contributed by atoms with Gasteiger partial charge in [-0.05, 0) is 46.8 Å². The summed E-state index contributed by atoms with van der Waals surface area (Å²) in [6, 6.07) is 2.32. The standard InChI is InChI=1S/C12H15BrFNO.ClH/c13-10-6-8(14)5-9(12(10)16)11(15)7-3-1-2-4-7;/h5-7,11,16H,1-4,15H2;1H/t11-;/m1./s1. The Balaban J connectivity index is 0.00000144. The quantitative estimate of drug-likeness (QED) is 0.866. The van der Waals surface area contributed by atoms with E-state index in [1.807, 2.05) is 0 Å². The third-order valence-electron chi connectivity index (χ3n) is 3.32. The minimum atomic E-state index is -0.367. The van der Waals surface area contributed by atoms with E-state index in [4.69, 9.17) is 5.73 Å². The van der Waals surface area contributed by atoms with Crippen molar-refractivity contribution in [2.24, 2.45) is 11.7 Å². The first-order valence-corrected chi connectivity index (χ1v) is 6.32. The maximum atomic E-state index is 13.3. The van der Waals surface area contributed by atoms with Crippen LogP contribution < -0.4 is 5.73 Å². The first-order valence-electron chi connectivity index (χ1n) is 5.53. The Kier molecular flexibility index (Phi) is 5.22. The predicted molar refractivity (Wildman–Crippen MR) is 71.9 cm³/mol. The lowest BCUT2D eigenvalue weighted by Gasteiger charge is -2.20. The lowest BCUT2D eigenvalue weighted by atomic mass is 9.92. The molecule has 3 N–H and O–H groups in total. The van der Waals surface area contributed by atoms with Crippen LogP contribution in [0.25, 0.3) is 0 Å². The average molecular weight is 325 g/mol. The third kappa shape index (κ3) is 3.12. The molecule has 96 valence electrons. The van der Waals surface area contributed by atoms with Gasteiger partial charge >= 0.3 is 0 Å². The molecule has 1 aliphatic rings. The second kappa shape index (κ2) is 6.03. The van der Waals surface area contributed by atoms with Gasteiger partial charge in [-0.3, -0.25) is 0 Å². The largest absolute Gasteiger partial charge is 0.506 e. The monoisotopic (exact) mass is 323 g/mol. The number of hydrogen-bond donors (Lipinski definition) is 2. The Bertz CT molecular complexity index is 396. The average Bonchev–Trinajstić information content (AvgIpc) is 2.75. The normalized spacial score (nSPS) is 17.8. The van der Waals surface area contributed by atoms with Gasteiger partial charge in [0.25, 0.3) is 0 Å². The summed E-state index contributed by atoms with van der Waals surface area (Å²) < 4.78 is 13.6. The van der Waals surface area contributed by atoms with Crippen LogP contribution in [0.2, 0.25) is 0 Å². The van der Waals surface area contributed by atoms with Crippen LogP contribution in [0.15, 0.2) is 16.6 Å². The van der Waals surface area contributed by atoms with E-state index in [2.05, 4.69) is 15.9 Å². The van der Waals surface area contributed by atoms with E-state index in [-0.39, 0.29) is 30.0 Å². The number of phenolic OH excluding ortho intramolecular Hbond substituents is 1. The topological polar surface area (TPSA) is 46.2 Å². The molecule has 0 aromatic heterocycles. The van der Waals surface area contributed by atoms with Crippen LogP contribution in [0.5, 0.6) is 5.75 Å². The van der Waals surface area contributed by atoms with Gasteiger partial charge in [0.1, 0.15) is 11.6 Å². The van der Waals surface area contributed by atoms with E-state index >= 15 is 0 Å². The summed E-state index contributed by atoms with van der Waals surface area (Å²) in [4.78, 5) is 0. The molecule has 2 nitrogen and oxygen atoms in total. The van der Waals surface area contributed by atoms with Gasteiger partial charge < -0.3 is 10.8 Å². The first-order chi connectivity index (χ1) is 7.59. The van der Waals surface area contributed by atoms with Gasteiger partial charge in [0.05, 0.1) is 4.47 Å². The Morgan fingerprint density at radius 3 is 2.53 bits per heavy atom. The molecule has 5 heteroatoms. The molecule has 0 radical (unpaired) electrons. The second-order valence-electron chi connectivity index (χ2n) is 4.40. The number of hydrogen-bond acceptors (Lipinski definition) is 2. The van der Waals surface area contributed by atoms with E-state index in [0.29, 0.717) is 16.0 Å². The Morgan fingerprint density at radius 1 is 1.35 bits per heavy atom. The summed E-state index contributed by atoms with van der Waals surface area (Å²) in [6.45, 7) is 0. The van der Waals surface area contributed by atoms with Crippen molar-refractivity contribution in [3.8, 4) is 5.75 Å². The minimum Gasteiger partial charge on any atom is -0.506 e. The van der Waals surface area contributed by atoms with E-state index in [1.54, 1.807) is 0 Å². The third-order valence-corrected chi connectivity index (χ3v) is 3.93. The lowest BCUT2D eigenvalue weighted by molar-refractivity contribution is 0.408. The van der Waals surface area contributed by atoms with Crippen LogP contribution in [0.1, 0.15) is 37.3 Å². The van der Waals surface area contributed by atoms with Crippen molar-refractivity contribution >= 4 is 28.3 Å². The number of rotatable bonds is 2. The van der Waals surface area contributed by atoms with Gasteiger partial charge in [-0.2, -0.15) is 0 Å². The highest BCUT2D eigenvalue weighted by Crippen LogP contribution is 2.40. The maximum Gasteiger partial charge on any atom is 0.134 e. The zero-order valence-corrected chi connectivity index (χ0v) is 11.7. The second-order valence-corrected chi connectivity index (χ2v) is 5.25. The van der Waals surface area contributed by atoms with Crippen molar-refractivity contribution in [2.45, 2.75) is 31.7 Å². The van der Waals surface area contributed by atoms with E-state index in [1.165, 1.54) is 25.0 Å². The minimum absolute atomic E-state index is 0. The zero-order valence-electron chi connectivity index (χ0n) is 9.33. The highest BCUT2D eigenvalue weighted by molar-refractivity contribution is 9.10. The molecule has 0 unspecified atom stereocenters. The highest BCUT2D eigenvalue weighted by Gasteiger charge is 2.26. The Labute approximate surface area is 115 Å². The van der Waals surface area contributed by atoms with Crippen molar-refractivity contribution in [2.75, 3.05) is 0 Å². The van der Waals surface area contributed by atoms with Crippen molar-refractivity contribution in [1.29, 1.82) is 0 Å². The Morgan fingerprint density at radius 2 is 1.94 bits per heavy atom. The molecule has 0 saturated heterocycles. The van der Waals surface area contributed by atoms with E-state index in [9.17, 15) is 9.50 Å². The molecule has 1 aromatic carbocycles. The van der Waals surface area contributed by atoms with E-state index < -0.39 is 0 Å². The molecular weight excluding hydrogens is 308 g/mol. The number of benzene rings is 1. The van der Waals surface area contributed by atoms with Crippen molar-refractivity contribution in [1.82, 2.24) is 0 Å². The maximum absolute atomic E-state index is 13.3. The van der Waals surface area contributed by atoms with Gasteiger partial charge in [-0.25, -0.2) is 4.39 Å². The van der Waals surface area contributed by atoms with Crippen molar-refractivity contribution < 1.29 is 9.50 Å². The molecule has 17 heavy (non-hydrogen) atoms. The molecule has 0 amide bonds. The van der Waals surface area contributed by atoms with Gasteiger partial charge in [-0.1, -0.05) is 12.8 Å².